The van der Waals surface area contributed by atoms with Crippen LogP contribution >= 0.6 is 11.6 Å². The third kappa shape index (κ3) is 3.71. The SMILES string of the molecule is COC(=O)CN1C(=O)C(NC(=O)c2cc3nc(Cl)ccc3[nH]2)Cc2ccc(F)cc21. The number of anilines is 1. The molecule has 1 aliphatic heterocycles. The predicted molar refractivity (Wildman–Crippen MR) is 107 cm³/mol. The lowest BCUT2D eigenvalue weighted by atomic mass is 9.96. The molecular weight excluding hydrogens is 415 g/mol. The number of H-pyrrole nitrogens is 1. The van der Waals surface area contributed by atoms with Crippen molar-refractivity contribution >= 4 is 46.1 Å². The van der Waals surface area contributed by atoms with Gasteiger partial charge in [-0.1, -0.05) is 17.7 Å². The minimum Gasteiger partial charge on any atom is -0.468 e. The molecule has 3 heterocycles. The molecule has 3 aromatic rings. The van der Waals surface area contributed by atoms with Crippen LogP contribution in [0.5, 0.6) is 0 Å². The number of aromatic amines is 1. The van der Waals surface area contributed by atoms with E-state index in [1.807, 2.05) is 0 Å². The Kier molecular flexibility index (Phi) is 5.13. The molecule has 2 aromatic heterocycles. The van der Waals surface area contributed by atoms with Crippen molar-refractivity contribution in [3.63, 3.8) is 0 Å². The fourth-order valence-corrected chi connectivity index (χ4v) is 3.54. The summed E-state index contributed by atoms with van der Waals surface area (Å²) in [5, 5.41) is 2.96. The zero-order chi connectivity index (χ0) is 21.4. The molecule has 8 nitrogen and oxygen atoms in total. The lowest BCUT2D eigenvalue weighted by molar-refractivity contribution is -0.140. The molecule has 1 atom stereocenters. The fourth-order valence-electron chi connectivity index (χ4n) is 3.39. The van der Waals surface area contributed by atoms with Crippen molar-refractivity contribution in [1.29, 1.82) is 0 Å². The molecular formula is C20H16ClFN4O4. The van der Waals surface area contributed by atoms with Crippen molar-refractivity contribution in [2.75, 3.05) is 18.6 Å². The highest BCUT2D eigenvalue weighted by molar-refractivity contribution is 6.29. The van der Waals surface area contributed by atoms with Crippen molar-refractivity contribution in [2.45, 2.75) is 12.5 Å². The Morgan fingerprint density at radius 1 is 1.33 bits per heavy atom. The highest BCUT2D eigenvalue weighted by Crippen LogP contribution is 2.29. The van der Waals surface area contributed by atoms with Gasteiger partial charge in [-0.25, -0.2) is 9.37 Å². The van der Waals surface area contributed by atoms with Gasteiger partial charge in [-0.3, -0.25) is 19.3 Å². The van der Waals surface area contributed by atoms with E-state index in [0.29, 0.717) is 21.7 Å². The van der Waals surface area contributed by atoms with Gasteiger partial charge in [0.1, 0.15) is 29.3 Å². The molecule has 1 aromatic carbocycles. The minimum absolute atomic E-state index is 0.155. The smallest absolute Gasteiger partial charge is 0.325 e. The number of carbonyl (C=O) groups is 3. The van der Waals surface area contributed by atoms with Crippen LogP contribution < -0.4 is 10.2 Å². The van der Waals surface area contributed by atoms with Gasteiger partial charge in [-0.05, 0) is 35.9 Å². The summed E-state index contributed by atoms with van der Waals surface area (Å²) in [6, 6.07) is 7.83. The molecule has 1 unspecified atom stereocenters. The van der Waals surface area contributed by atoms with Crippen molar-refractivity contribution in [3.8, 4) is 0 Å². The second kappa shape index (κ2) is 7.75. The molecule has 0 saturated carbocycles. The van der Waals surface area contributed by atoms with Crippen LogP contribution in [0.1, 0.15) is 16.1 Å². The van der Waals surface area contributed by atoms with Gasteiger partial charge in [-0.2, -0.15) is 0 Å². The Balaban J connectivity index is 1.61. The maximum absolute atomic E-state index is 13.7. The summed E-state index contributed by atoms with van der Waals surface area (Å²) < 4.78 is 18.4. The Morgan fingerprint density at radius 3 is 2.90 bits per heavy atom. The minimum atomic E-state index is -0.942. The maximum Gasteiger partial charge on any atom is 0.325 e. The van der Waals surface area contributed by atoms with Crippen LogP contribution in [0.15, 0.2) is 36.4 Å². The largest absolute Gasteiger partial charge is 0.468 e. The summed E-state index contributed by atoms with van der Waals surface area (Å²) in [7, 11) is 1.19. The molecule has 4 rings (SSSR count). The van der Waals surface area contributed by atoms with Gasteiger partial charge in [0.25, 0.3) is 5.91 Å². The molecule has 0 fully saturated rings. The Bertz CT molecular complexity index is 1180. The van der Waals surface area contributed by atoms with Crippen molar-refractivity contribution in [1.82, 2.24) is 15.3 Å². The second-order valence-corrected chi connectivity index (χ2v) is 7.14. The van der Waals surface area contributed by atoms with E-state index < -0.39 is 36.2 Å². The molecule has 0 aliphatic carbocycles. The number of ether oxygens (including phenoxy) is 1. The molecule has 0 radical (unpaired) electrons. The van der Waals surface area contributed by atoms with Gasteiger partial charge < -0.3 is 15.0 Å². The number of benzene rings is 1. The molecule has 30 heavy (non-hydrogen) atoms. The Labute approximate surface area is 175 Å². The normalized spacial score (nSPS) is 15.8. The number of nitrogens with one attached hydrogen (secondary N) is 2. The molecule has 2 N–H and O–H groups in total. The van der Waals surface area contributed by atoms with Crippen LogP contribution in [-0.4, -0.2) is 47.4 Å². The van der Waals surface area contributed by atoms with E-state index in [2.05, 4.69) is 20.0 Å². The van der Waals surface area contributed by atoms with E-state index in [-0.39, 0.29) is 17.8 Å². The number of aromatic nitrogens is 2. The van der Waals surface area contributed by atoms with Gasteiger partial charge in [0.15, 0.2) is 0 Å². The average molecular weight is 431 g/mol. The molecule has 0 spiro atoms. The van der Waals surface area contributed by atoms with Gasteiger partial charge in [0.05, 0.1) is 23.8 Å². The summed E-state index contributed by atoms with van der Waals surface area (Å²) in [6.07, 6.45) is 0.155. The fraction of sp³-hybridized carbons (Fsp3) is 0.200. The summed E-state index contributed by atoms with van der Waals surface area (Å²) in [6.45, 7) is -0.396. The van der Waals surface area contributed by atoms with Crippen LogP contribution in [0, 0.1) is 5.82 Å². The lowest BCUT2D eigenvalue weighted by Gasteiger charge is -2.33. The first-order valence-corrected chi connectivity index (χ1v) is 9.36. The number of rotatable bonds is 4. The van der Waals surface area contributed by atoms with Crippen LogP contribution in [0.3, 0.4) is 0 Å². The second-order valence-electron chi connectivity index (χ2n) is 6.75. The summed E-state index contributed by atoms with van der Waals surface area (Å²) in [5.74, 6) is -2.26. The maximum atomic E-state index is 13.7. The summed E-state index contributed by atoms with van der Waals surface area (Å²) in [5.41, 5.74) is 2.23. The van der Waals surface area contributed by atoms with Gasteiger partial charge in [-0.15, -0.1) is 0 Å². The number of fused-ring (bicyclic) bond motifs is 2. The molecule has 2 amide bonds. The number of amides is 2. The van der Waals surface area contributed by atoms with Crippen molar-refractivity contribution < 1.29 is 23.5 Å². The van der Waals surface area contributed by atoms with Gasteiger partial charge in [0, 0.05) is 6.42 Å². The Hall–Kier alpha value is -3.46. The van der Waals surface area contributed by atoms with Crippen LogP contribution in [0.4, 0.5) is 10.1 Å². The van der Waals surface area contributed by atoms with Crippen LogP contribution in [-0.2, 0) is 20.7 Å². The van der Waals surface area contributed by atoms with E-state index in [1.54, 1.807) is 12.1 Å². The van der Waals surface area contributed by atoms with Crippen molar-refractivity contribution in [3.05, 3.63) is 58.6 Å². The lowest BCUT2D eigenvalue weighted by Crippen LogP contribution is -2.54. The number of carbonyl (C=O) groups excluding carboxylic acids is 3. The monoisotopic (exact) mass is 430 g/mol. The third-order valence-electron chi connectivity index (χ3n) is 4.83. The summed E-state index contributed by atoms with van der Waals surface area (Å²) in [4.78, 5) is 45.7. The van der Waals surface area contributed by atoms with Crippen LogP contribution in [0.25, 0.3) is 11.0 Å². The first-order valence-electron chi connectivity index (χ1n) is 8.98. The van der Waals surface area contributed by atoms with E-state index in [9.17, 15) is 18.8 Å². The average Bonchev–Trinajstić information content (AvgIpc) is 3.14. The van der Waals surface area contributed by atoms with Gasteiger partial charge >= 0.3 is 5.97 Å². The molecule has 10 heteroatoms. The number of pyridine rings is 1. The van der Waals surface area contributed by atoms with Crippen LogP contribution in [0.2, 0.25) is 5.15 Å². The standard InChI is InChI=1S/C20H16ClFN4O4/c1-30-18(27)9-26-16-7-11(22)3-2-10(16)6-15(20(26)29)25-19(28)14-8-13-12(23-14)4-5-17(21)24-13/h2-5,7-8,15,23H,6,9H2,1H3,(H,25,28). The number of methoxy groups -OCH3 is 1. The highest BCUT2D eigenvalue weighted by Gasteiger charge is 2.35. The van der Waals surface area contributed by atoms with Crippen molar-refractivity contribution in [2.24, 2.45) is 0 Å². The van der Waals surface area contributed by atoms with E-state index in [0.717, 1.165) is 4.90 Å². The van der Waals surface area contributed by atoms with E-state index in [1.165, 1.54) is 31.4 Å². The number of halogens is 2. The summed E-state index contributed by atoms with van der Waals surface area (Å²) >= 11 is 5.87. The number of esters is 1. The molecule has 1 aliphatic rings. The zero-order valence-electron chi connectivity index (χ0n) is 15.7. The Morgan fingerprint density at radius 2 is 2.13 bits per heavy atom. The number of hydrogen-bond acceptors (Lipinski definition) is 5. The molecule has 0 saturated heterocycles. The van der Waals surface area contributed by atoms with E-state index in [4.69, 9.17) is 11.6 Å². The quantitative estimate of drug-likeness (QED) is 0.488. The first-order chi connectivity index (χ1) is 14.4. The zero-order valence-corrected chi connectivity index (χ0v) is 16.5. The number of hydrogen-bond donors (Lipinski definition) is 2. The molecule has 0 bridgehead atoms. The highest BCUT2D eigenvalue weighted by atomic mass is 35.5. The number of nitrogens with zero attached hydrogens (tertiary/aromatic N) is 2. The topological polar surface area (TPSA) is 104 Å². The van der Waals surface area contributed by atoms with Gasteiger partial charge in [0.2, 0.25) is 5.91 Å². The predicted octanol–water partition coefficient (Wildman–Crippen LogP) is 2.22. The molecule has 154 valence electrons. The third-order valence-corrected chi connectivity index (χ3v) is 5.04. The van der Waals surface area contributed by atoms with E-state index >= 15 is 0 Å². The first kappa shape index (κ1) is 19.8.